The third-order valence-corrected chi connectivity index (χ3v) is 3.28. The molecule has 2 aliphatic heterocycles. The zero-order valence-electron chi connectivity index (χ0n) is 10.0. The van der Waals surface area contributed by atoms with E-state index in [9.17, 15) is 9.59 Å². The van der Waals surface area contributed by atoms with Crippen LogP contribution in [0, 0.1) is 0 Å². The summed E-state index contributed by atoms with van der Waals surface area (Å²) < 4.78 is 10.8. The average Bonchev–Trinajstić information content (AvgIpc) is 2.38. The van der Waals surface area contributed by atoms with Crippen molar-refractivity contribution in [2.75, 3.05) is 32.9 Å². The van der Waals surface area contributed by atoms with Crippen LogP contribution < -0.4 is 0 Å². The maximum atomic E-state index is 11.8. The summed E-state index contributed by atoms with van der Waals surface area (Å²) >= 11 is 0. The molecule has 2 aliphatic rings. The summed E-state index contributed by atoms with van der Waals surface area (Å²) in [6.07, 6.45) is 2.86. The summed E-state index contributed by atoms with van der Waals surface area (Å²) in [5, 5.41) is 0. The first kappa shape index (κ1) is 12.5. The van der Waals surface area contributed by atoms with E-state index >= 15 is 0 Å². The van der Waals surface area contributed by atoms with E-state index in [2.05, 4.69) is 0 Å². The van der Waals surface area contributed by atoms with E-state index in [1.54, 1.807) is 4.90 Å². The molecule has 0 unspecified atom stereocenters. The van der Waals surface area contributed by atoms with Crippen LogP contribution in [-0.4, -0.2) is 55.6 Å². The van der Waals surface area contributed by atoms with Crippen molar-refractivity contribution in [2.45, 2.75) is 31.8 Å². The molecule has 0 aromatic rings. The summed E-state index contributed by atoms with van der Waals surface area (Å²) in [7, 11) is 0. The van der Waals surface area contributed by atoms with Gasteiger partial charge in [0.15, 0.2) is 0 Å². The second kappa shape index (κ2) is 6.12. The van der Waals surface area contributed by atoms with Crippen molar-refractivity contribution in [3.8, 4) is 0 Å². The predicted octanol–water partition coefficient (Wildman–Crippen LogP) is 0.373. The number of carbonyl (C=O) groups is 2. The molecule has 2 saturated heterocycles. The van der Waals surface area contributed by atoms with E-state index in [1.165, 1.54) is 0 Å². The van der Waals surface area contributed by atoms with Crippen LogP contribution in [0.3, 0.4) is 0 Å². The molecule has 2 rings (SSSR count). The molecule has 0 saturated carbocycles. The first-order chi connectivity index (χ1) is 8.25. The Balaban J connectivity index is 1.67. The quantitative estimate of drug-likeness (QED) is 0.716. The Labute approximate surface area is 101 Å². The Morgan fingerprint density at radius 2 is 1.94 bits per heavy atom. The zero-order chi connectivity index (χ0) is 12.1. The molecule has 5 nitrogen and oxygen atoms in total. The highest BCUT2D eigenvalue weighted by atomic mass is 16.5. The van der Waals surface area contributed by atoms with Gasteiger partial charge in [-0.05, 0) is 12.8 Å². The standard InChI is InChI=1S/C12H19NO4/c14-10-1-5-13(6-2-10)12(15)9-17-11-3-7-16-8-4-11/h11H,1-9H2. The van der Waals surface area contributed by atoms with E-state index in [1.807, 2.05) is 0 Å². The van der Waals surface area contributed by atoms with Crippen LogP contribution in [0.25, 0.3) is 0 Å². The largest absolute Gasteiger partial charge is 0.381 e. The molecule has 0 bridgehead atoms. The van der Waals surface area contributed by atoms with Gasteiger partial charge < -0.3 is 14.4 Å². The maximum Gasteiger partial charge on any atom is 0.248 e. The third kappa shape index (κ3) is 3.78. The Morgan fingerprint density at radius 1 is 1.29 bits per heavy atom. The first-order valence-corrected chi connectivity index (χ1v) is 6.24. The van der Waals surface area contributed by atoms with Gasteiger partial charge in [0.25, 0.3) is 0 Å². The van der Waals surface area contributed by atoms with Gasteiger partial charge in [-0.3, -0.25) is 9.59 Å². The highest BCUT2D eigenvalue weighted by Gasteiger charge is 2.22. The van der Waals surface area contributed by atoms with E-state index < -0.39 is 0 Å². The minimum Gasteiger partial charge on any atom is -0.381 e. The molecular formula is C12H19NO4. The van der Waals surface area contributed by atoms with Gasteiger partial charge in [0.1, 0.15) is 12.4 Å². The maximum absolute atomic E-state index is 11.8. The molecular weight excluding hydrogens is 222 g/mol. The number of hydrogen-bond acceptors (Lipinski definition) is 4. The van der Waals surface area contributed by atoms with E-state index in [4.69, 9.17) is 9.47 Å². The summed E-state index contributed by atoms with van der Waals surface area (Å²) in [5.41, 5.74) is 0. The molecule has 5 heteroatoms. The van der Waals surface area contributed by atoms with Gasteiger partial charge in [0.05, 0.1) is 6.10 Å². The van der Waals surface area contributed by atoms with Gasteiger partial charge in [0, 0.05) is 39.1 Å². The second-order valence-corrected chi connectivity index (χ2v) is 4.54. The number of Topliss-reactive ketones (excluding diaryl/α,β-unsaturated/α-hetero) is 1. The smallest absolute Gasteiger partial charge is 0.248 e. The van der Waals surface area contributed by atoms with E-state index in [0.717, 1.165) is 26.1 Å². The fourth-order valence-corrected chi connectivity index (χ4v) is 2.13. The summed E-state index contributed by atoms with van der Waals surface area (Å²) in [6, 6.07) is 0. The Kier molecular flexibility index (Phi) is 4.50. The monoisotopic (exact) mass is 241 g/mol. The number of likely N-dealkylation sites (tertiary alicyclic amines) is 1. The van der Waals surface area contributed by atoms with Gasteiger partial charge >= 0.3 is 0 Å². The van der Waals surface area contributed by atoms with E-state index in [-0.39, 0.29) is 24.4 Å². The number of ketones is 1. The summed E-state index contributed by atoms with van der Waals surface area (Å²) in [6.45, 7) is 2.68. The number of rotatable bonds is 3. The number of nitrogens with zero attached hydrogens (tertiary/aromatic N) is 1. The number of carbonyl (C=O) groups excluding carboxylic acids is 2. The minimum atomic E-state index is 0.00370. The van der Waals surface area contributed by atoms with Crippen LogP contribution in [0.15, 0.2) is 0 Å². The van der Waals surface area contributed by atoms with Crippen LogP contribution in [0.2, 0.25) is 0 Å². The molecule has 96 valence electrons. The van der Waals surface area contributed by atoms with Crippen molar-refractivity contribution in [3.63, 3.8) is 0 Å². The Morgan fingerprint density at radius 3 is 2.59 bits per heavy atom. The Hall–Kier alpha value is -0.940. The zero-order valence-corrected chi connectivity index (χ0v) is 10.0. The lowest BCUT2D eigenvalue weighted by Crippen LogP contribution is -2.41. The molecule has 0 aromatic carbocycles. The number of ether oxygens (including phenoxy) is 2. The van der Waals surface area contributed by atoms with E-state index in [0.29, 0.717) is 25.9 Å². The van der Waals surface area contributed by atoms with Gasteiger partial charge in [-0.1, -0.05) is 0 Å². The second-order valence-electron chi connectivity index (χ2n) is 4.54. The molecule has 2 fully saturated rings. The fourth-order valence-electron chi connectivity index (χ4n) is 2.13. The van der Waals surface area contributed by atoms with Gasteiger partial charge in [-0.15, -0.1) is 0 Å². The Bertz CT molecular complexity index is 276. The van der Waals surface area contributed by atoms with Crippen molar-refractivity contribution in [1.82, 2.24) is 4.90 Å². The molecule has 0 N–H and O–H groups in total. The summed E-state index contributed by atoms with van der Waals surface area (Å²) in [5.74, 6) is 0.253. The van der Waals surface area contributed by atoms with Crippen LogP contribution in [-0.2, 0) is 19.1 Å². The van der Waals surface area contributed by atoms with Crippen LogP contribution in [0.5, 0.6) is 0 Å². The number of hydrogen-bond donors (Lipinski definition) is 0. The first-order valence-electron chi connectivity index (χ1n) is 6.24. The predicted molar refractivity (Wildman–Crippen MR) is 60.6 cm³/mol. The number of amides is 1. The van der Waals surface area contributed by atoms with Crippen molar-refractivity contribution in [3.05, 3.63) is 0 Å². The van der Waals surface area contributed by atoms with Gasteiger partial charge in [0.2, 0.25) is 5.91 Å². The lowest BCUT2D eigenvalue weighted by molar-refractivity contribution is -0.142. The molecule has 2 heterocycles. The molecule has 0 radical (unpaired) electrons. The van der Waals surface area contributed by atoms with Crippen molar-refractivity contribution < 1.29 is 19.1 Å². The fraction of sp³-hybridized carbons (Fsp3) is 0.833. The van der Waals surface area contributed by atoms with Gasteiger partial charge in [-0.2, -0.15) is 0 Å². The van der Waals surface area contributed by atoms with Crippen molar-refractivity contribution >= 4 is 11.7 Å². The third-order valence-electron chi connectivity index (χ3n) is 3.28. The SMILES string of the molecule is O=C1CCN(C(=O)COC2CCOCC2)CC1. The molecule has 1 amide bonds. The number of piperidine rings is 1. The average molecular weight is 241 g/mol. The van der Waals surface area contributed by atoms with Crippen LogP contribution >= 0.6 is 0 Å². The minimum absolute atomic E-state index is 0.00370. The molecule has 0 atom stereocenters. The highest BCUT2D eigenvalue weighted by Crippen LogP contribution is 2.11. The summed E-state index contributed by atoms with van der Waals surface area (Å²) in [4.78, 5) is 24.6. The van der Waals surface area contributed by atoms with Crippen molar-refractivity contribution in [1.29, 1.82) is 0 Å². The van der Waals surface area contributed by atoms with Crippen molar-refractivity contribution in [2.24, 2.45) is 0 Å². The van der Waals surface area contributed by atoms with Crippen LogP contribution in [0.4, 0.5) is 0 Å². The lowest BCUT2D eigenvalue weighted by Gasteiger charge is -2.27. The molecule has 0 aliphatic carbocycles. The molecule has 0 aromatic heterocycles. The van der Waals surface area contributed by atoms with Crippen LogP contribution in [0.1, 0.15) is 25.7 Å². The highest BCUT2D eigenvalue weighted by molar-refractivity contribution is 5.83. The normalized spacial score (nSPS) is 22.8. The lowest BCUT2D eigenvalue weighted by atomic mass is 10.1. The topological polar surface area (TPSA) is 55.8 Å². The molecule has 0 spiro atoms. The molecule has 17 heavy (non-hydrogen) atoms. The van der Waals surface area contributed by atoms with Gasteiger partial charge in [-0.25, -0.2) is 0 Å².